The number of benzene rings is 1. The zero-order valence-electron chi connectivity index (χ0n) is 16.5. The Labute approximate surface area is 162 Å². The molecule has 1 aromatic rings. The lowest BCUT2D eigenvalue weighted by molar-refractivity contribution is -0.139. The van der Waals surface area contributed by atoms with Crippen molar-refractivity contribution in [2.75, 3.05) is 25.0 Å². The van der Waals surface area contributed by atoms with E-state index in [-0.39, 0.29) is 11.4 Å². The molecule has 5 heteroatoms. The van der Waals surface area contributed by atoms with Gasteiger partial charge in [-0.25, -0.2) is 4.79 Å². The van der Waals surface area contributed by atoms with Crippen LogP contribution in [0.1, 0.15) is 63.9 Å². The molecule has 5 nitrogen and oxygen atoms in total. The maximum Gasteiger partial charge on any atom is 0.321 e. The van der Waals surface area contributed by atoms with E-state index in [0.717, 1.165) is 44.6 Å². The molecule has 0 atom stereocenters. The molecule has 0 radical (unpaired) electrons. The fourth-order valence-electron chi connectivity index (χ4n) is 4.51. The molecule has 3 fully saturated rings. The Hall–Kier alpha value is -2.04. The topological polar surface area (TPSA) is 52.7 Å². The summed E-state index contributed by atoms with van der Waals surface area (Å²) in [7, 11) is 0. The van der Waals surface area contributed by atoms with E-state index in [1.165, 1.54) is 18.4 Å². The van der Waals surface area contributed by atoms with Crippen molar-refractivity contribution < 1.29 is 9.59 Å². The molecule has 0 unspecified atom stereocenters. The highest BCUT2D eigenvalue weighted by Crippen LogP contribution is 2.43. The standard InChI is InChI=1S/C22H31N3O2/c1-16(2)17-3-5-18(6-4-17)23-21(27)24-13-11-22(12-14-24)10-9-20(26)25(15-22)19-7-8-19/h3-6,16,19H,7-15H2,1-2H3,(H,23,27). The van der Waals surface area contributed by atoms with Crippen molar-refractivity contribution >= 4 is 17.6 Å². The molecule has 3 amide bonds. The van der Waals surface area contributed by atoms with E-state index in [0.29, 0.717) is 24.3 Å². The third-order valence-electron chi connectivity index (χ3n) is 6.62. The number of rotatable bonds is 3. The molecule has 0 aromatic heterocycles. The normalized spacial score (nSPS) is 22.4. The van der Waals surface area contributed by atoms with Gasteiger partial charge < -0.3 is 15.1 Å². The lowest BCUT2D eigenvalue weighted by atomic mass is 9.72. The molecule has 146 valence electrons. The number of amides is 3. The van der Waals surface area contributed by atoms with E-state index in [1.54, 1.807) is 0 Å². The smallest absolute Gasteiger partial charge is 0.321 e. The van der Waals surface area contributed by atoms with Crippen molar-refractivity contribution in [2.24, 2.45) is 5.41 Å². The molecular formula is C22H31N3O2. The van der Waals surface area contributed by atoms with Crippen LogP contribution in [0.4, 0.5) is 10.5 Å². The third-order valence-corrected chi connectivity index (χ3v) is 6.62. The maximum atomic E-state index is 12.6. The van der Waals surface area contributed by atoms with Crippen molar-refractivity contribution in [3.63, 3.8) is 0 Å². The Bertz CT molecular complexity index is 701. The number of urea groups is 1. The van der Waals surface area contributed by atoms with Gasteiger partial charge in [-0.1, -0.05) is 26.0 Å². The van der Waals surface area contributed by atoms with Gasteiger partial charge in [-0.2, -0.15) is 0 Å². The van der Waals surface area contributed by atoms with E-state index in [9.17, 15) is 9.59 Å². The first kappa shape index (κ1) is 18.3. The molecule has 2 saturated heterocycles. The van der Waals surface area contributed by atoms with Crippen molar-refractivity contribution in [2.45, 2.75) is 64.3 Å². The van der Waals surface area contributed by atoms with Crippen LogP contribution >= 0.6 is 0 Å². The number of nitrogens with zero attached hydrogens (tertiary/aromatic N) is 2. The first-order chi connectivity index (χ1) is 13.0. The number of likely N-dealkylation sites (tertiary alicyclic amines) is 2. The van der Waals surface area contributed by atoms with Crippen LogP contribution in [0.5, 0.6) is 0 Å². The van der Waals surface area contributed by atoms with Crippen LogP contribution in [-0.4, -0.2) is 47.4 Å². The van der Waals surface area contributed by atoms with Crippen LogP contribution in [0.15, 0.2) is 24.3 Å². The first-order valence-corrected chi connectivity index (χ1v) is 10.4. The molecule has 4 rings (SSSR count). The van der Waals surface area contributed by atoms with E-state index in [4.69, 9.17) is 0 Å². The summed E-state index contributed by atoms with van der Waals surface area (Å²) >= 11 is 0. The van der Waals surface area contributed by atoms with E-state index in [2.05, 4.69) is 36.2 Å². The van der Waals surface area contributed by atoms with Gasteiger partial charge in [0.05, 0.1) is 0 Å². The second-order valence-corrected chi connectivity index (χ2v) is 8.95. The van der Waals surface area contributed by atoms with E-state index in [1.807, 2.05) is 17.0 Å². The summed E-state index contributed by atoms with van der Waals surface area (Å²) in [6, 6.07) is 8.63. The highest BCUT2D eigenvalue weighted by Gasteiger charge is 2.45. The number of hydrogen-bond donors (Lipinski definition) is 1. The number of hydrogen-bond acceptors (Lipinski definition) is 2. The monoisotopic (exact) mass is 369 g/mol. The average molecular weight is 370 g/mol. The minimum absolute atomic E-state index is 0.00641. The minimum atomic E-state index is -0.00641. The molecule has 1 aliphatic carbocycles. The zero-order chi connectivity index (χ0) is 19.0. The largest absolute Gasteiger partial charge is 0.339 e. The minimum Gasteiger partial charge on any atom is -0.339 e. The fraction of sp³-hybridized carbons (Fsp3) is 0.636. The molecule has 3 aliphatic rings. The van der Waals surface area contributed by atoms with Gasteiger partial charge >= 0.3 is 6.03 Å². The van der Waals surface area contributed by atoms with Gasteiger partial charge in [-0.3, -0.25) is 4.79 Å². The van der Waals surface area contributed by atoms with Crippen LogP contribution in [0.25, 0.3) is 0 Å². The molecule has 2 aliphatic heterocycles. The maximum absolute atomic E-state index is 12.6. The predicted octanol–water partition coefficient (Wildman–Crippen LogP) is 4.21. The number of piperidine rings is 2. The van der Waals surface area contributed by atoms with Gasteiger partial charge in [0.15, 0.2) is 0 Å². The van der Waals surface area contributed by atoms with Crippen LogP contribution in [0.2, 0.25) is 0 Å². The van der Waals surface area contributed by atoms with Crippen LogP contribution in [-0.2, 0) is 4.79 Å². The van der Waals surface area contributed by atoms with Crippen LogP contribution in [0.3, 0.4) is 0 Å². The summed E-state index contributed by atoms with van der Waals surface area (Å²) in [5.41, 5.74) is 2.36. The number of carbonyl (C=O) groups excluding carboxylic acids is 2. The predicted molar refractivity (Wildman–Crippen MR) is 107 cm³/mol. The average Bonchev–Trinajstić information content (AvgIpc) is 3.50. The number of anilines is 1. The summed E-state index contributed by atoms with van der Waals surface area (Å²) in [5, 5.41) is 3.04. The van der Waals surface area contributed by atoms with Gasteiger partial charge in [0.1, 0.15) is 0 Å². The molecule has 1 N–H and O–H groups in total. The van der Waals surface area contributed by atoms with Gasteiger partial charge in [-0.05, 0) is 61.1 Å². The van der Waals surface area contributed by atoms with Crippen molar-refractivity contribution in [3.05, 3.63) is 29.8 Å². The van der Waals surface area contributed by atoms with Crippen molar-refractivity contribution in [3.8, 4) is 0 Å². The van der Waals surface area contributed by atoms with Gasteiger partial charge in [0.2, 0.25) is 5.91 Å². The highest BCUT2D eigenvalue weighted by molar-refractivity contribution is 5.89. The fourth-order valence-corrected chi connectivity index (χ4v) is 4.51. The highest BCUT2D eigenvalue weighted by atomic mass is 16.2. The Balaban J connectivity index is 1.32. The summed E-state index contributed by atoms with van der Waals surface area (Å²) in [6.07, 6.45) is 6.02. The Kier molecular flexibility index (Phi) is 4.87. The first-order valence-electron chi connectivity index (χ1n) is 10.4. The van der Waals surface area contributed by atoms with Crippen LogP contribution in [0, 0.1) is 5.41 Å². The lowest BCUT2D eigenvalue weighted by Gasteiger charge is -2.47. The van der Waals surface area contributed by atoms with E-state index >= 15 is 0 Å². The zero-order valence-corrected chi connectivity index (χ0v) is 16.5. The molecule has 1 spiro atoms. The Morgan fingerprint density at radius 2 is 1.78 bits per heavy atom. The summed E-state index contributed by atoms with van der Waals surface area (Å²) in [4.78, 5) is 28.9. The van der Waals surface area contributed by atoms with Crippen molar-refractivity contribution in [1.29, 1.82) is 0 Å². The molecule has 27 heavy (non-hydrogen) atoms. The second kappa shape index (κ2) is 7.17. The molecule has 2 heterocycles. The lowest BCUT2D eigenvalue weighted by Crippen LogP contribution is -2.53. The van der Waals surface area contributed by atoms with Gasteiger partial charge in [-0.15, -0.1) is 0 Å². The van der Waals surface area contributed by atoms with Crippen LogP contribution < -0.4 is 5.32 Å². The SMILES string of the molecule is CC(C)c1ccc(NC(=O)N2CCC3(CCC(=O)N(C4CC4)C3)CC2)cc1. The molecule has 1 saturated carbocycles. The third kappa shape index (κ3) is 3.97. The molecule has 1 aromatic carbocycles. The summed E-state index contributed by atoms with van der Waals surface area (Å²) in [6.45, 7) is 6.80. The van der Waals surface area contributed by atoms with Gasteiger partial charge in [0, 0.05) is 37.8 Å². The molecular weight excluding hydrogens is 338 g/mol. The van der Waals surface area contributed by atoms with E-state index < -0.39 is 0 Å². The summed E-state index contributed by atoms with van der Waals surface area (Å²) < 4.78 is 0. The number of nitrogens with one attached hydrogen (secondary N) is 1. The van der Waals surface area contributed by atoms with Gasteiger partial charge in [0.25, 0.3) is 0 Å². The molecule has 0 bridgehead atoms. The summed E-state index contributed by atoms with van der Waals surface area (Å²) in [5.74, 6) is 0.832. The quantitative estimate of drug-likeness (QED) is 0.868. The second-order valence-electron chi connectivity index (χ2n) is 8.95. The van der Waals surface area contributed by atoms with Crippen molar-refractivity contribution in [1.82, 2.24) is 9.80 Å². The Morgan fingerprint density at radius 3 is 2.37 bits per heavy atom. The Morgan fingerprint density at radius 1 is 1.11 bits per heavy atom. The number of carbonyl (C=O) groups is 2.